The molecule has 2 atom stereocenters. The third-order valence-electron chi connectivity index (χ3n) is 4.03. The minimum absolute atomic E-state index is 0.206. The molecule has 0 fully saturated rings. The van der Waals surface area contributed by atoms with E-state index in [2.05, 4.69) is 38.8 Å². The molecule has 2 rings (SSSR count). The standard InChI is InChI=1S/C19H25N3O3Si/c1-19(2,3)17(25-26(4)5)15-11-21-12-22(15)16(18(23)24)14-8-6-13(10-20)7-9-14/h6-9,11-12,16-17,26H,1-5H3,(H,23,24). The van der Waals surface area contributed by atoms with Crippen LogP contribution in [0, 0.1) is 16.7 Å². The third kappa shape index (κ3) is 4.39. The van der Waals surface area contributed by atoms with Crippen molar-refractivity contribution in [1.29, 1.82) is 5.26 Å². The minimum atomic E-state index is -1.36. The first-order valence-corrected chi connectivity index (χ1v) is 11.3. The minimum Gasteiger partial charge on any atom is -0.479 e. The Hall–Kier alpha value is -2.43. The number of carboxylic acids is 1. The molecule has 7 heteroatoms. The lowest BCUT2D eigenvalue weighted by Gasteiger charge is -2.34. The highest BCUT2D eigenvalue weighted by molar-refractivity contribution is 6.48. The van der Waals surface area contributed by atoms with E-state index in [9.17, 15) is 9.90 Å². The van der Waals surface area contributed by atoms with Gasteiger partial charge in [-0.1, -0.05) is 32.9 Å². The Morgan fingerprint density at radius 1 is 1.31 bits per heavy atom. The van der Waals surface area contributed by atoms with E-state index in [-0.39, 0.29) is 11.5 Å². The predicted molar refractivity (Wildman–Crippen MR) is 101 cm³/mol. The zero-order chi connectivity index (χ0) is 19.5. The lowest BCUT2D eigenvalue weighted by atomic mass is 9.87. The first-order chi connectivity index (χ1) is 12.1. The predicted octanol–water partition coefficient (Wildman–Crippen LogP) is 3.52. The molecular weight excluding hydrogens is 346 g/mol. The maximum atomic E-state index is 12.1. The Morgan fingerprint density at radius 3 is 2.38 bits per heavy atom. The van der Waals surface area contributed by atoms with Crippen molar-refractivity contribution in [3.05, 3.63) is 53.6 Å². The van der Waals surface area contributed by atoms with Gasteiger partial charge in [-0.15, -0.1) is 0 Å². The Bertz CT molecular complexity index is 801. The molecule has 1 aromatic heterocycles. The van der Waals surface area contributed by atoms with Crippen molar-refractivity contribution < 1.29 is 14.3 Å². The molecule has 1 N–H and O–H groups in total. The van der Waals surface area contributed by atoms with Crippen molar-refractivity contribution in [2.24, 2.45) is 5.41 Å². The molecule has 0 radical (unpaired) electrons. The second-order valence-electron chi connectivity index (χ2n) is 7.63. The van der Waals surface area contributed by atoms with Crippen LogP contribution in [0.1, 0.15) is 49.7 Å². The number of aliphatic carboxylic acids is 1. The Kier molecular flexibility index (Phi) is 6.00. The zero-order valence-electron chi connectivity index (χ0n) is 15.8. The van der Waals surface area contributed by atoms with Gasteiger partial charge in [0, 0.05) is 0 Å². The van der Waals surface area contributed by atoms with Gasteiger partial charge in [-0.25, -0.2) is 9.78 Å². The lowest BCUT2D eigenvalue weighted by Crippen LogP contribution is -2.30. The summed E-state index contributed by atoms with van der Waals surface area (Å²) < 4.78 is 7.91. The van der Waals surface area contributed by atoms with Gasteiger partial charge in [0.25, 0.3) is 0 Å². The van der Waals surface area contributed by atoms with E-state index in [1.54, 1.807) is 35.0 Å². The number of carboxylic acid groups (broad SMARTS) is 1. The van der Waals surface area contributed by atoms with Crippen molar-refractivity contribution in [1.82, 2.24) is 9.55 Å². The summed E-state index contributed by atoms with van der Waals surface area (Å²) >= 11 is 0. The lowest BCUT2D eigenvalue weighted by molar-refractivity contribution is -0.139. The Labute approximate surface area is 155 Å². The van der Waals surface area contributed by atoms with E-state index >= 15 is 0 Å². The van der Waals surface area contributed by atoms with Crippen molar-refractivity contribution in [3.8, 4) is 6.07 Å². The van der Waals surface area contributed by atoms with Gasteiger partial charge >= 0.3 is 5.97 Å². The van der Waals surface area contributed by atoms with Crippen LogP contribution in [-0.4, -0.2) is 29.7 Å². The second kappa shape index (κ2) is 7.85. The largest absolute Gasteiger partial charge is 0.479 e. The van der Waals surface area contributed by atoms with E-state index in [4.69, 9.17) is 9.69 Å². The highest BCUT2D eigenvalue weighted by Crippen LogP contribution is 2.38. The van der Waals surface area contributed by atoms with Gasteiger partial charge in [0.15, 0.2) is 15.1 Å². The molecule has 1 aromatic carbocycles. The van der Waals surface area contributed by atoms with E-state index in [1.807, 2.05) is 6.07 Å². The highest BCUT2D eigenvalue weighted by atomic mass is 28.3. The average molecular weight is 372 g/mol. The number of hydrogen-bond donors (Lipinski definition) is 1. The van der Waals surface area contributed by atoms with E-state index in [1.165, 1.54) is 6.33 Å². The topological polar surface area (TPSA) is 88.1 Å². The zero-order valence-corrected chi connectivity index (χ0v) is 17.0. The average Bonchev–Trinajstić information content (AvgIpc) is 3.00. The molecule has 0 aliphatic rings. The molecular formula is C19H25N3O3Si. The number of hydrogen-bond acceptors (Lipinski definition) is 4. The molecule has 0 aliphatic carbocycles. The molecule has 26 heavy (non-hydrogen) atoms. The summed E-state index contributed by atoms with van der Waals surface area (Å²) in [5.74, 6) is -0.983. The van der Waals surface area contributed by atoms with E-state index in [0.29, 0.717) is 11.1 Å². The van der Waals surface area contributed by atoms with Crippen molar-refractivity contribution in [2.45, 2.75) is 46.0 Å². The molecule has 2 unspecified atom stereocenters. The number of carbonyl (C=O) groups is 1. The number of imidazole rings is 1. The summed E-state index contributed by atoms with van der Waals surface area (Å²) in [6.45, 7) is 10.4. The van der Waals surface area contributed by atoms with Crippen molar-refractivity contribution >= 4 is 15.0 Å². The maximum Gasteiger partial charge on any atom is 0.331 e. The monoisotopic (exact) mass is 371 g/mol. The van der Waals surface area contributed by atoms with Crippen LogP contribution in [0.15, 0.2) is 36.8 Å². The molecule has 1 heterocycles. The van der Waals surface area contributed by atoms with Crippen LogP contribution < -0.4 is 0 Å². The van der Waals surface area contributed by atoms with Gasteiger partial charge in [-0.3, -0.25) is 0 Å². The van der Waals surface area contributed by atoms with Crippen LogP contribution in [0.5, 0.6) is 0 Å². The molecule has 0 aliphatic heterocycles. The number of nitriles is 1. The SMILES string of the molecule is C[SiH](C)OC(c1cncn1C(C(=O)O)c1ccc(C#N)cc1)C(C)(C)C. The van der Waals surface area contributed by atoms with Crippen LogP contribution in [-0.2, 0) is 9.22 Å². The van der Waals surface area contributed by atoms with Crippen LogP contribution >= 0.6 is 0 Å². The van der Waals surface area contributed by atoms with Gasteiger partial charge in [0.2, 0.25) is 0 Å². The number of rotatable bonds is 6. The second-order valence-corrected chi connectivity index (χ2v) is 10.0. The number of benzene rings is 1. The summed E-state index contributed by atoms with van der Waals surface area (Å²) in [5.41, 5.74) is 1.62. The fourth-order valence-electron chi connectivity index (χ4n) is 2.89. The molecule has 2 aromatic rings. The van der Waals surface area contributed by atoms with Crippen LogP contribution in [0.4, 0.5) is 0 Å². The molecule has 0 saturated carbocycles. The summed E-state index contributed by atoms with van der Waals surface area (Å²) in [5, 5.41) is 18.8. The smallest absolute Gasteiger partial charge is 0.331 e. The van der Waals surface area contributed by atoms with Gasteiger partial charge in [0.1, 0.15) is 0 Å². The van der Waals surface area contributed by atoms with Gasteiger partial charge in [0.05, 0.1) is 36.0 Å². The fraction of sp³-hybridized carbons (Fsp3) is 0.421. The highest BCUT2D eigenvalue weighted by Gasteiger charge is 2.34. The first kappa shape index (κ1) is 19.9. The Balaban J connectivity index is 2.53. The summed E-state index contributed by atoms with van der Waals surface area (Å²) in [7, 11) is -1.36. The summed E-state index contributed by atoms with van der Waals surface area (Å²) in [6, 6.07) is 7.71. The maximum absolute atomic E-state index is 12.1. The van der Waals surface area contributed by atoms with Gasteiger partial charge in [-0.2, -0.15) is 5.26 Å². The van der Waals surface area contributed by atoms with Gasteiger partial charge in [-0.05, 0) is 36.2 Å². The normalized spacial score (nSPS) is 14.0. The molecule has 0 saturated heterocycles. The summed E-state index contributed by atoms with van der Waals surface area (Å²) in [4.78, 5) is 16.3. The fourth-order valence-corrected chi connectivity index (χ4v) is 3.98. The third-order valence-corrected chi connectivity index (χ3v) is 4.84. The molecule has 0 spiro atoms. The molecule has 0 bridgehead atoms. The van der Waals surface area contributed by atoms with E-state index in [0.717, 1.165) is 5.69 Å². The summed E-state index contributed by atoms with van der Waals surface area (Å²) in [6.07, 6.45) is 2.97. The molecule has 138 valence electrons. The van der Waals surface area contributed by atoms with E-state index < -0.39 is 21.1 Å². The van der Waals surface area contributed by atoms with Gasteiger partial charge < -0.3 is 14.1 Å². The van der Waals surface area contributed by atoms with Crippen molar-refractivity contribution in [2.75, 3.05) is 0 Å². The quantitative estimate of drug-likeness (QED) is 0.785. The molecule has 6 nitrogen and oxygen atoms in total. The van der Waals surface area contributed by atoms with Crippen molar-refractivity contribution in [3.63, 3.8) is 0 Å². The molecule has 0 amide bonds. The number of aromatic nitrogens is 2. The van der Waals surface area contributed by atoms with Crippen LogP contribution in [0.3, 0.4) is 0 Å². The van der Waals surface area contributed by atoms with Crippen LogP contribution in [0.2, 0.25) is 13.1 Å². The first-order valence-electron chi connectivity index (χ1n) is 8.55. The van der Waals surface area contributed by atoms with Crippen LogP contribution in [0.25, 0.3) is 0 Å². The number of nitrogens with zero attached hydrogens (tertiary/aromatic N) is 3. The Morgan fingerprint density at radius 2 is 1.92 bits per heavy atom.